The predicted octanol–water partition coefficient (Wildman–Crippen LogP) is 3.11. The van der Waals surface area contributed by atoms with Crippen LogP contribution >= 0.6 is 0 Å². The monoisotopic (exact) mass is 434 g/mol. The van der Waals surface area contributed by atoms with Gasteiger partial charge in [-0.25, -0.2) is 4.98 Å². The highest BCUT2D eigenvalue weighted by molar-refractivity contribution is 6.04. The maximum atomic E-state index is 13.2. The third-order valence-electron chi connectivity index (χ3n) is 6.79. The summed E-state index contributed by atoms with van der Waals surface area (Å²) >= 11 is 0. The molecular weight excluding hydrogens is 404 g/mol. The van der Waals surface area contributed by atoms with E-state index in [9.17, 15) is 9.59 Å². The number of ether oxygens (including phenoxy) is 1. The van der Waals surface area contributed by atoms with Crippen molar-refractivity contribution in [1.82, 2.24) is 9.88 Å². The van der Waals surface area contributed by atoms with Crippen molar-refractivity contribution in [3.63, 3.8) is 0 Å². The zero-order valence-corrected chi connectivity index (χ0v) is 18.3. The molecule has 1 atom stereocenters. The summed E-state index contributed by atoms with van der Waals surface area (Å²) in [4.78, 5) is 33.9. The molecule has 0 spiro atoms. The predicted molar refractivity (Wildman–Crippen MR) is 123 cm³/mol. The van der Waals surface area contributed by atoms with E-state index < -0.39 is 0 Å². The van der Waals surface area contributed by atoms with Crippen LogP contribution in [0.3, 0.4) is 0 Å². The summed E-state index contributed by atoms with van der Waals surface area (Å²) in [7, 11) is 0. The summed E-state index contributed by atoms with van der Waals surface area (Å²) in [6, 6.07) is 12.4. The largest absolute Gasteiger partial charge is 0.376 e. The van der Waals surface area contributed by atoms with Gasteiger partial charge in [0.25, 0.3) is 5.91 Å². The van der Waals surface area contributed by atoms with E-state index >= 15 is 0 Å². The van der Waals surface area contributed by atoms with Crippen molar-refractivity contribution < 1.29 is 14.3 Å². The molecule has 1 aromatic carbocycles. The highest BCUT2D eigenvalue weighted by Crippen LogP contribution is 2.31. The first-order valence-electron chi connectivity index (χ1n) is 11.7. The standard InChI is InChI=1S/C25H30N4O3/c30-23-16-27-24-22(29(23)17-21-7-4-12-32-21)14-20(15-26-24)25(31)28-10-8-19(9-11-28)13-18-5-2-1-3-6-18/h1-3,5-6,14-15,19,21H,4,7-13,16-17H2,(H,26,27). The second-order valence-corrected chi connectivity index (χ2v) is 9.01. The van der Waals surface area contributed by atoms with Gasteiger partial charge in [-0.3, -0.25) is 9.59 Å². The van der Waals surface area contributed by atoms with Crippen molar-refractivity contribution in [2.45, 2.75) is 38.2 Å². The Morgan fingerprint density at radius 3 is 2.72 bits per heavy atom. The van der Waals surface area contributed by atoms with E-state index in [-0.39, 0.29) is 24.5 Å². The minimum atomic E-state index is -0.0128. The number of nitrogens with zero attached hydrogens (tertiary/aromatic N) is 3. The zero-order valence-electron chi connectivity index (χ0n) is 18.3. The molecule has 1 aromatic heterocycles. The van der Waals surface area contributed by atoms with Crippen molar-refractivity contribution in [3.8, 4) is 0 Å². The SMILES string of the molecule is O=C(c1cnc2c(c1)N(CC1CCCO1)C(=O)CN2)N1CCC(Cc2ccccc2)CC1. The Morgan fingerprint density at radius 2 is 1.97 bits per heavy atom. The van der Waals surface area contributed by atoms with Gasteiger partial charge >= 0.3 is 0 Å². The van der Waals surface area contributed by atoms with E-state index in [4.69, 9.17) is 4.74 Å². The van der Waals surface area contributed by atoms with Crippen LogP contribution in [0.15, 0.2) is 42.6 Å². The van der Waals surface area contributed by atoms with Gasteiger partial charge in [-0.05, 0) is 49.7 Å². The lowest BCUT2D eigenvalue weighted by Gasteiger charge is -2.33. The van der Waals surface area contributed by atoms with Gasteiger partial charge in [0, 0.05) is 25.9 Å². The number of fused-ring (bicyclic) bond motifs is 1. The minimum Gasteiger partial charge on any atom is -0.376 e. The molecule has 32 heavy (non-hydrogen) atoms. The summed E-state index contributed by atoms with van der Waals surface area (Å²) in [6.45, 7) is 2.98. The van der Waals surface area contributed by atoms with Crippen LogP contribution in [0.2, 0.25) is 0 Å². The number of amides is 2. The number of pyridine rings is 1. The molecular formula is C25H30N4O3. The van der Waals surface area contributed by atoms with Gasteiger partial charge in [-0.1, -0.05) is 30.3 Å². The zero-order chi connectivity index (χ0) is 21.9. The van der Waals surface area contributed by atoms with Crippen molar-refractivity contribution >= 4 is 23.3 Å². The fourth-order valence-electron chi connectivity index (χ4n) is 4.96. The number of piperidine rings is 1. The molecule has 0 aliphatic carbocycles. The summed E-state index contributed by atoms with van der Waals surface area (Å²) in [5.74, 6) is 1.24. The fraction of sp³-hybridized carbons (Fsp3) is 0.480. The lowest BCUT2D eigenvalue weighted by molar-refractivity contribution is -0.117. The van der Waals surface area contributed by atoms with Crippen molar-refractivity contribution in [1.29, 1.82) is 0 Å². The number of hydrogen-bond donors (Lipinski definition) is 1. The summed E-state index contributed by atoms with van der Waals surface area (Å²) in [5, 5.41) is 3.07. The number of benzene rings is 1. The first kappa shape index (κ1) is 20.9. The van der Waals surface area contributed by atoms with Crippen LogP contribution in [0, 0.1) is 5.92 Å². The normalized spacial score (nSPS) is 21.4. The molecule has 0 bridgehead atoms. The Morgan fingerprint density at radius 1 is 1.16 bits per heavy atom. The van der Waals surface area contributed by atoms with Crippen LogP contribution in [0.4, 0.5) is 11.5 Å². The number of hydrogen-bond acceptors (Lipinski definition) is 5. The van der Waals surface area contributed by atoms with E-state index in [1.165, 1.54) is 5.56 Å². The molecule has 1 N–H and O–H groups in total. The Hall–Kier alpha value is -2.93. The van der Waals surface area contributed by atoms with Gasteiger partial charge in [0.05, 0.1) is 30.4 Å². The lowest BCUT2D eigenvalue weighted by Crippen LogP contribution is -2.44. The third-order valence-corrected chi connectivity index (χ3v) is 6.79. The molecule has 5 rings (SSSR count). The number of nitrogens with one attached hydrogen (secondary N) is 1. The lowest BCUT2D eigenvalue weighted by atomic mass is 9.90. The van der Waals surface area contributed by atoms with Gasteiger partial charge in [-0.15, -0.1) is 0 Å². The average Bonchev–Trinajstić information content (AvgIpc) is 3.35. The van der Waals surface area contributed by atoms with Crippen LogP contribution in [-0.2, 0) is 16.0 Å². The maximum absolute atomic E-state index is 13.2. The van der Waals surface area contributed by atoms with Crippen molar-refractivity contribution in [2.75, 3.05) is 43.0 Å². The molecule has 168 valence electrons. The first-order chi connectivity index (χ1) is 15.7. The van der Waals surface area contributed by atoms with Crippen molar-refractivity contribution in [2.24, 2.45) is 5.92 Å². The molecule has 7 nitrogen and oxygen atoms in total. The molecule has 3 aliphatic rings. The molecule has 3 aliphatic heterocycles. The molecule has 4 heterocycles. The van der Waals surface area contributed by atoms with E-state index in [1.807, 2.05) is 17.0 Å². The quantitative estimate of drug-likeness (QED) is 0.783. The number of anilines is 2. The molecule has 2 aromatic rings. The molecule has 2 amide bonds. The van der Waals surface area contributed by atoms with E-state index in [1.54, 1.807) is 11.1 Å². The number of aromatic nitrogens is 1. The summed E-state index contributed by atoms with van der Waals surface area (Å²) in [6.07, 6.45) is 6.73. The third kappa shape index (κ3) is 4.48. The average molecular weight is 435 g/mol. The van der Waals surface area contributed by atoms with Crippen LogP contribution in [0.5, 0.6) is 0 Å². The number of likely N-dealkylation sites (tertiary alicyclic amines) is 1. The van der Waals surface area contributed by atoms with Gasteiger partial charge < -0.3 is 19.9 Å². The van der Waals surface area contributed by atoms with Crippen LogP contribution in [-0.4, -0.2) is 60.6 Å². The fourth-order valence-corrected chi connectivity index (χ4v) is 4.96. The van der Waals surface area contributed by atoms with Gasteiger partial charge in [-0.2, -0.15) is 0 Å². The van der Waals surface area contributed by atoms with Crippen molar-refractivity contribution in [3.05, 3.63) is 53.7 Å². The first-order valence-corrected chi connectivity index (χ1v) is 11.7. The molecule has 1 unspecified atom stereocenters. The van der Waals surface area contributed by atoms with Gasteiger partial charge in [0.15, 0.2) is 0 Å². The second-order valence-electron chi connectivity index (χ2n) is 9.01. The number of carbonyl (C=O) groups is 2. The highest BCUT2D eigenvalue weighted by atomic mass is 16.5. The molecule has 0 saturated carbocycles. The molecule has 2 saturated heterocycles. The topological polar surface area (TPSA) is 74.8 Å². The van der Waals surface area contributed by atoms with Crippen LogP contribution < -0.4 is 10.2 Å². The van der Waals surface area contributed by atoms with Gasteiger partial charge in [0.2, 0.25) is 5.91 Å². The summed E-state index contributed by atoms with van der Waals surface area (Å²) in [5.41, 5.74) is 2.58. The Kier molecular flexibility index (Phi) is 6.08. The van der Waals surface area contributed by atoms with E-state index in [0.717, 1.165) is 51.8 Å². The molecule has 2 fully saturated rings. The van der Waals surface area contributed by atoms with Gasteiger partial charge in [0.1, 0.15) is 5.82 Å². The maximum Gasteiger partial charge on any atom is 0.255 e. The molecule has 0 radical (unpaired) electrons. The Bertz CT molecular complexity index is 966. The van der Waals surface area contributed by atoms with Crippen LogP contribution in [0.25, 0.3) is 0 Å². The minimum absolute atomic E-state index is 0.00597. The summed E-state index contributed by atoms with van der Waals surface area (Å²) < 4.78 is 5.73. The van der Waals surface area contributed by atoms with E-state index in [2.05, 4.69) is 34.6 Å². The highest BCUT2D eigenvalue weighted by Gasteiger charge is 2.31. The smallest absolute Gasteiger partial charge is 0.255 e. The Balaban J connectivity index is 1.25. The second kappa shape index (κ2) is 9.28. The van der Waals surface area contributed by atoms with Crippen LogP contribution in [0.1, 0.15) is 41.6 Å². The number of rotatable bonds is 5. The Labute approximate surface area is 188 Å². The number of carbonyl (C=O) groups excluding carboxylic acids is 2. The van der Waals surface area contributed by atoms with E-state index in [0.29, 0.717) is 29.5 Å². The molecule has 7 heteroatoms.